The zero-order valence-corrected chi connectivity index (χ0v) is 11.6. The molecule has 7 nitrogen and oxygen atoms in total. The van der Waals surface area contributed by atoms with Crippen molar-refractivity contribution in [2.75, 3.05) is 13.1 Å². The van der Waals surface area contributed by atoms with Gasteiger partial charge < -0.3 is 26.0 Å². The highest BCUT2D eigenvalue weighted by molar-refractivity contribution is 6.53. The first-order valence-electron chi connectivity index (χ1n) is 5.42. The van der Waals surface area contributed by atoms with Gasteiger partial charge in [0.2, 0.25) is 0 Å². The molecule has 1 aromatic rings. The van der Waals surface area contributed by atoms with E-state index in [9.17, 15) is 19.8 Å². The molecular weight excluding hydrogens is 311 g/mol. The molecule has 5 N–H and O–H groups in total. The van der Waals surface area contributed by atoms with Crippen LogP contribution in [-0.4, -0.2) is 45.1 Å². The fourth-order valence-electron chi connectivity index (χ4n) is 1.28. The van der Waals surface area contributed by atoms with E-state index in [1.54, 1.807) is 0 Å². The number of benzene rings is 1. The van der Waals surface area contributed by atoms with Crippen molar-refractivity contribution in [3.8, 4) is 17.2 Å². The lowest BCUT2D eigenvalue weighted by atomic mass is 10.1. The van der Waals surface area contributed by atoms with Crippen LogP contribution >= 0.6 is 23.2 Å². The molecule has 0 fully saturated rings. The lowest BCUT2D eigenvalue weighted by Crippen LogP contribution is -2.36. The summed E-state index contributed by atoms with van der Waals surface area (Å²) in [5.41, 5.74) is -0.0447. The van der Waals surface area contributed by atoms with Gasteiger partial charge in [0.05, 0.1) is 0 Å². The highest BCUT2D eigenvalue weighted by atomic mass is 35.5. The second kappa shape index (κ2) is 7.06. The molecule has 0 spiro atoms. The molecule has 9 heteroatoms. The molecule has 20 heavy (non-hydrogen) atoms. The summed E-state index contributed by atoms with van der Waals surface area (Å²) in [7, 11) is 0. The summed E-state index contributed by atoms with van der Waals surface area (Å²) in [4.78, 5) is 21.5. The predicted molar refractivity (Wildman–Crippen MR) is 72.3 cm³/mol. The maximum atomic E-state index is 11.7. The number of rotatable bonds is 5. The van der Waals surface area contributed by atoms with Crippen molar-refractivity contribution in [2.45, 2.75) is 4.84 Å². The van der Waals surface area contributed by atoms with Gasteiger partial charge >= 0.3 is 0 Å². The quantitative estimate of drug-likeness (QED) is 0.306. The molecule has 2 amide bonds. The van der Waals surface area contributed by atoms with Crippen LogP contribution in [0.1, 0.15) is 10.4 Å². The van der Waals surface area contributed by atoms with E-state index in [2.05, 4.69) is 10.6 Å². The van der Waals surface area contributed by atoms with Crippen LogP contribution in [0.15, 0.2) is 12.1 Å². The Bertz CT molecular complexity index is 499. The van der Waals surface area contributed by atoms with E-state index in [0.717, 1.165) is 12.1 Å². The van der Waals surface area contributed by atoms with E-state index in [1.807, 2.05) is 0 Å². The number of amides is 2. The van der Waals surface area contributed by atoms with Crippen LogP contribution in [0.2, 0.25) is 0 Å². The summed E-state index contributed by atoms with van der Waals surface area (Å²) in [6.45, 7) is 0.198. The zero-order chi connectivity index (χ0) is 15.3. The third-order valence-corrected chi connectivity index (χ3v) is 2.64. The Morgan fingerprint density at radius 1 is 1.05 bits per heavy atom. The predicted octanol–water partition coefficient (Wildman–Crippen LogP) is 0.453. The van der Waals surface area contributed by atoms with Crippen LogP contribution in [0.4, 0.5) is 0 Å². The number of hydrogen-bond donors (Lipinski definition) is 5. The summed E-state index contributed by atoms with van der Waals surface area (Å²) in [5, 5.41) is 32.4. The van der Waals surface area contributed by atoms with Crippen molar-refractivity contribution in [1.29, 1.82) is 0 Å². The van der Waals surface area contributed by atoms with E-state index in [-0.39, 0.29) is 18.7 Å². The molecule has 0 saturated heterocycles. The van der Waals surface area contributed by atoms with Crippen LogP contribution in [0, 0.1) is 0 Å². The van der Waals surface area contributed by atoms with Crippen molar-refractivity contribution in [3.05, 3.63) is 17.7 Å². The first kappa shape index (κ1) is 16.2. The molecule has 0 atom stereocenters. The summed E-state index contributed by atoms with van der Waals surface area (Å²) < 4.78 is 0. The highest BCUT2D eigenvalue weighted by Gasteiger charge is 2.14. The molecule has 0 saturated carbocycles. The van der Waals surface area contributed by atoms with Crippen molar-refractivity contribution < 1.29 is 24.9 Å². The summed E-state index contributed by atoms with van der Waals surface area (Å²) >= 11 is 10.6. The van der Waals surface area contributed by atoms with Crippen molar-refractivity contribution in [3.63, 3.8) is 0 Å². The number of phenolic OH excluding ortho intramolecular Hbond substituents is 3. The number of hydrogen-bond acceptors (Lipinski definition) is 5. The normalized spacial score (nSPS) is 10.3. The van der Waals surface area contributed by atoms with Crippen LogP contribution in [0.25, 0.3) is 0 Å². The number of alkyl halides is 2. The Morgan fingerprint density at radius 2 is 1.55 bits per heavy atom. The average Bonchev–Trinajstić information content (AvgIpc) is 2.39. The van der Waals surface area contributed by atoms with Crippen molar-refractivity contribution in [2.24, 2.45) is 0 Å². The minimum Gasteiger partial charge on any atom is -0.504 e. The summed E-state index contributed by atoms with van der Waals surface area (Å²) in [6, 6.07) is 1.99. The van der Waals surface area contributed by atoms with Crippen LogP contribution < -0.4 is 10.6 Å². The number of halogens is 2. The number of phenols is 3. The number of aromatic hydroxyl groups is 3. The SMILES string of the molecule is O=C(NCCNC(=O)C(Cl)Cl)c1cc(O)c(O)c(O)c1. The first-order chi connectivity index (χ1) is 9.32. The standard InChI is InChI=1S/C11H12Cl2N2O5/c12-9(13)11(20)15-2-1-14-10(19)5-3-6(16)8(18)7(17)4-5/h3-4,9,16-18H,1-2H2,(H,14,19)(H,15,20). The maximum absolute atomic E-state index is 11.7. The minimum atomic E-state index is -1.18. The molecule has 1 rings (SSSR count). The molecule has 0 bridgehead atoms. The van der Waals surface area contributed by atoms with E-state index in [4.69, 9.17) is 28.3 Å². The maximum Gasteiger partial charge on any atom is 0.253 e. The number of nitrogens with one attached hydrogen (secondary N) is 2. The van der Waals surface area contributed by atoms with Crippen LogP contribution in [-0.2, 0) is 4.79 Å². The lowest BCUT2D eigenvalue weighted by Gasteiger charge is -2.08. The Balaban J connectivity index is 2.50. The van der Waals surface area contributed by atoms with Gasteiger partial charge in [0.25, 0.3) is 11.8 Å². The smallest absolute Gasteiger partial charge is 0.253 e. The van der Waals surface area contributed by atoms with Gasteiger partial charge in [0, 0.05) is 18.7 Å². The van der Waals surface area contributed by atoms with Crippen molar-refractivity contribution >= 4 is 35.0 Å². The van der Waals surface area contributed by atoms with E-state index >= 15 is 0 Å². The highest BCUT2D eigenvalue weighted by Crippen LogP contribution is 2.35. The van der Waals surface area contributed by atoms with Crippen LogP contribution in [0.5, 0.6) is 17.2 Å². The van der Waals surface area contributed by atoms with Gasteiger partial charge in [0.15, 0.2) is 22.1 Å². The first-order valence-corrected chi connectivity index (χ1v) is 6.29. The topological polar surface area (TPSA) is 119 Å². The van der Waals surface area contributed by atoms with Gasteiger partial charge in [-0.25, -0.2) is 0 Å². The molecule has 0 radical (unpaired) electrons. The summed E-state index contributed by atoms with van der Waals surface area (Å²) in [6.07, 6.45) is 0. The number of carbonyl (C=O) groups is 2. The third kappa shape index (κ3) is 4.36. The monoisotopic (exact) mass is 322 g/mol. The molecule has 1 aromatic carbocycles. The van der Waals surface area contributed by atoms with Gasteiger partial charge in [-0.3, -0.25) is 9.59 Å². The fourth-order valence-corrected chi connectivity index (χ4v) is 1.43. The Kier molecular flexibility index (Phi) is 5.72. The fraction of sp³-hybridized carbons (Fsp3) is 0.273. The van der Waals surface area contributed by atoms with Gasteiger partial charge in [-0.1, -0.05) is 23.2 Å². The Morgan fingerprint density at radius 3 is 2.05 bits per heavy atom. The summed E-state index contributed by atoms with van der Waals surface area (Å²) in [5.74, 6) is -3.11. The van der Waals surface area contributed by atoms with E-state index in [1.165, 1.54) is 0 Å². The Labute approximate surface area is 124 Å². The molecule has 110 valence electrons. The van der Waals surface area contributed by atoms with E-state index < -0.39 is 33.9 Å². The molecule has 0 heterocycles. The molecule has 0 unspecified atom stereocenters. The van der Waals surface area contributed by atoms with Gasteiger partial charge in [-0.05, 0) is 12.1 Å². The molecule has 0 aliphatic heterocycles. The van der Waals surface area contributed by atoms with Crippen LogP contribution in [0.3, 0.4) is 0 Å². The van der Waals surface area contributed by atoms with Gasteiger partial charge in [-0.2, -0.15) is 0 Å². The average molecular weight is 323 g/mol. The molecular formula is C11H12Cl2N2O5. The Hall–Kier alpha value is -1.86. The zero-order valence-electron chi connectivity index (χ0n) is 10.1. The van der Waals surface area contributed by atoms with Gasteiger partial charge in [-0.15, -0.1) is 0 Å². The van der Waals surface area contributed by atoms with Crippen molar-refractivity contribution in [1.82, 2.24) is 10.6 Å². The van der Waals surface area contributed by atoms with Gasteiger partial charge in [0.1, 0.15) is 0 Å². The second-order valence-electron chi connectivity index (χ2n) is 3.71. The third-order valence-electron chi connectivity index (χ3n) is 2.24. The largest absolute Gasteiger partial charge is 0.504 e. The molecule has 0 aliphatic carbocycles. The van der Waals surface area contributed by atoms with E-state index in [0.29, 0.717) is 0 Å². The minimum absolute atomic E-state index is 0.0447. The lowest BCUT2D eigenvalue weighted by molar-refractivity contribution is -0.119. The number of carbonyl (C=O) groups excluding carboxylic acids is 2. The second-order valence-corrected chi connectivity index (χ2v) is 4.81. The molecule has 0 aliphatic rings. The molecule has 0 aromatic heterocycles.